The maximum atomic E-state index is 12.4. The van der Waals surface area contributed by atoms with Crippen LogP contribution in [0.2, 0.25) is 0 Å². The summed E-state index contributed by atoms with van der Waals surface area (Å²) in [6.45, 7) is 0.312. The van der Waals surface area contributed by atoms with Crippen LogP contribution in [-0.2, 0) is 20.9 Å². The van der Waals surface area contributed by atoms with Crippen LogP contribution in [0.4, 0.5) is 4.79 Å². The Kier molecular flexibility index (Phi) is 4.91. The highest BCUT2D eigenvalue weighted by molar-refractivity contribution is 8.18. The molecule has 2 aromatic rings. The average molecular weight is 360 g/mol. The van der Waals surface area contributed by atoms with Crippen molar-refractivity contribution in [3.8, 4) is 0 Å². The van der Waals surface area contributed by atoms with Gasteiger partial charge in [-0.05, 0) is 23.9 Å². The van der Waals surface area contributed by atoms with Crippen molar-refractivity contribution in [3.63, 3.8) is 0 Å². The molecular formula is C17H16N2O5S. The predicted molar refractivity (Wildman–Crippen MR) is 94.1 cm³/mol. The fraction of sp³-hybridized carbons (Fsp3) is 0.235. The summed E-state index contributed by atoms with van der Waals surface area (Å²) in [5, 5.41) is 9.55. The standard InChI is InChI=1S/C17H16N2O5S/c1-24-7-6-19-16(22)14(25-17(19)23)8-11-9-18(10-15(20)21)13-5-3-2-4-12(11)13/h2-5,8-9H,6-7,10H2,1H3,(H,20,21)/b14-8+. The normalized spacial score (nSPS) is 16.4. The Bertz CT molecular complexity index is 886. The first kappa shape index (κ1) is 17.2. The van der Waals surface area contributed by atoms with Crippen LogP contribution in [-0.4, -0.2) is 52.0 Å². The number of benzene rings is 1. The number of hydrogen-bond donors (Lipinski definition) is 1. The first-order valence-electron chi connectivity index (χ1n) is 7.55. The number of amides is 2. The molecule has 0 saturated carbocycles. The molecule has 130 valence electrons. The Balaban J connectivity index is 1.97. The van der Waals surface area contributed by atoms with Gasteiger partial charge >= 0.3 is 5.97 Å². The molecule has 25 heavy (non-hydrogen) atoms. The smallest absolute Gasteiger partial charge is 0.323 e. The van der Waals surface area contributed by atoms with E-state index in [2.05, 4.69) is 0 Å². The van der Waals surface area contributed by atoms with Gasteiger partial charge in [0, 0.05) is 29.8 Å². The summed E-state index contributed by atoms with van der Waals surface area (Å²) in [6, 6.07) is 7.34. The van der Waals surface area contributed by atoms with E-state index >= 15 is 0 Å². The number of para-hydroxylation sites is 1. The molecule has 7 nitrogen and oxygen atoms in total. The highest BCUT2D eigenvalue weighted by Crippen LogP contribution is 2.33. The largest absolute Gasteiger partial charge is 0.480 e. The summed E-state index contributed by atoms with van der Waals surface area (Å²) in [5.41, 5.74) is 1.46. The fourth-order valence-corrected chi connectivity index (χ4v) is 3.54. The number of imide groups is 1. The van der Waals surface area contributed by atoms with Crippen molar-refractivity contribution >= 4 is 45.9 Å². The predicted octanol–water partition coefficient (Wildman–Crippen LogP) is 2.41. The van der Waals surface area contributed by atoms with E-state index in [0.717, 1.165) is 27.6 Å². The zero-order valence-electron chi connectivity index (χ0n) is 13.5. The van der Waals surface area contributed by atoms with Gasteiger partial charge in [-0.3, -0.25) is 19.3 Å². The minimum absolute atomic E-state index is 0.177. The second-order valence-corrected chi connectivity index (χ2v) is 6.44. The van der Waals surface area contributed by atoms with Crippen molar-refractivity contribution in [2.45, 2.75) is 6.54 Å². The molecule has 8 heteroatoms. The van der Waals surface area contributed by atoms with Crippen LogP contribution in [0.25, 0.3) is 17.0 Å². The first-order chi connectivity index (χ1) is 12.0. The fourth-order valence-electron chi connectivity index (χ4n) is 2.68. The lowest BCUT2D eigenvalue weighted by atomic mass is 10.1. The zero-order chi connectivity index (χ0) is 18.0. The number of methoxy groups -OCH3 is 1. The van der Waals surface area contributed by atoms with Crippen molar-refractivity contribution in [1.82, 2.24) is 9.47 Å². The summed E-state index contributed by atoms with van der Waals surface area (Å²) in [6.07, 6.45) is 3.32. The van der Waals surface area contributed by atoms with Gasteiger partial charge in [-0.25, -0.2) is 0 Å². The molecule has 2 heterocycles. The molecule has 0 bridgehead atoms. The lowest BCUT2D eigenvalue weighted by Gasteiger charge is -2.10. The molecule has 0 aliphatic carbocycles. The maximum Gasteiger partial charge on any atom is 0.323 e. The van der Waals surface area contributed by atoms with Gasteiger partial charge in [-0.1, -0.05) is 18.2 Å². The number of aromatic nitrogens is 1. The van der Waals surface area contributed by atoms with Gasteiger partial charge in [0.1, 0.15) is 6.54 Å². The number of nitrogens with zero attached hydrogens (tertiary/aromatic N) is 2. The molecule has 1 N–H and O–H groups in total. The third kappa shape index (κ3) is 3.45. The molecule has 1 aromatic heterocycles. The second kappa shape index (κ2) is 7.12. The molecule has 0 radical (unpaired) electrons. The van der Waals surface area contributed by atoms with E-state index in [4.69, 9.17) is 9.84 Å². The Hall–Kier alpha value is -2.58. The Labute approximate surface area is 147 Å². The van der Waals surface area contributed by atoms with Crippen molar-refractivity contribution in [1.29, 1.82) is 0 Å². The van der Waals surface area contributed by atoms with E-state index in [0.29, 0.717) is 10.5 Å². The average Bonchev–Trinajstić information content (AvgIpc) is 3.04. The van der Waals surface area contributed by atoms with E-state index in [1.165, 1.54) is 7.11 Å². The van der Waals surface area contributed by atoms with Crippen molar-refractivity contribution in [2.24, 2.45) is 0 Å². The van der Waals surface area contributed by atoms with Gasteiger partial charge in [0.2, 0.25) is 0 Å². The van der Waals surface area contributed by atoms with Crippen LogP contribution in [0, 0.1) is 0 Å². The minimum atomic E-state index is -0.952. The summed E-state index contributed by atoms with van der Waals surface area (Å²) in [4.78, 5) is 36.9. The first-order valence-corrected chi connectivity index (χ1v) is 8.37. The third-order valence-corrected chi connectivity index (χ3v) is 4.71. The minimum Gasteiger partial charge on any atom is -0.480 e. The van der Waals surface area contributed by atoms with Gasteiger partial charge in [-0.2, -0.15) is 0 Å². The number of aliphatic carboxylic acids is 1. The van der Waals surface area contributed by atoms with Crippen LogP contribution in [0.15, 0.2) is 35.4 Å². The van der Waals surface area contributed by atoms with Crippen molar-refractivity contribution in [3.05, 3.63) is 40.9 Å². The zero-order valence-corrected chi connectivity index (χ0v) is 14.3. The molecule has 2 amide bonds. The van der Waals surface area contributed by atoms with E-state index in [1.54, 1.807) is 16.8 Å². The molecule has 0 spiro atoms. The summed E-state index contributed by atoms with van der Waals surface area (Å²) >= 11 is 0.876. The van der Waals surface area contributed by atoms with Crippen LogP contribution >= 0.6 is 11.8 Å². The summed E-state index contributed by atoms with van der Waals surface area (Å²) in [7, 11) is 1.51. The van der Waals surface area contributed by atoms with Gasteiger partial charge in [0.25, 0.3) is 11.1 Å². The quantitative estimate of drug-likeness (QED) is 0.796. The van der Waals surface area contributed by atoms with Crippen molar-refractivity contribution < 1.29 is 24.2 Å². The molecule has 0 unspecified atom stereocenters. The third-order valence-electron chi connectivity index (χ3n) is 3.80. The molecule has 1 aliphatic heterocycles. The van der Waals surface area contributed by atoms with E-state index in [9.17, 15) is 14.4 Å². The number of fused-ring (bicyclic) bond motifs is 1. The lowest BCUT2D eigenvalue weighted by molar-refractivity contribution is -0.137. The highest BCUT2D eigenvalue weighted by Gasteiger charge is 2.34. The molecule has 0 atom stereocenters. The number of ether oxygens (including phenoxy) is 1. The van der Waals surface area contributed by atoms with Crippen LogP contribution in [0.5, 0.6) is 0 Å². The van der Waals surface area contributed by atoms with Gasteiger partial charge in [0.15, 0.2) is 0 Å². The monoisotopic (exact) mass is 360 g/mol. The number of rotatable bonds is 6. The highest BCUT2D eigenvalue weighted by atomic mass is 32.2. The Morgan fingerprint density at radius 2 is 2.08 bits per heavy atom. The van der Waals surface area contributed by atoms with Gasteiger partial charge in [-0.15, -0.1) is 0 Å². The number of carbonyl (C=O) groups excluding carboxylic acids is 2. The van der Waals surface area contributed by atoms with Crippen LogP contribution < -0.4 is 0 Å². The number of hydrogen-bond acceptors (Lipinski definition) is 5. The summed E-state index contributed by atoms with van der Waals surface area (Å²) in [5.74, 6) is -1.31. The molecular weight excluding hydrogens is 344 g/mol. The topological polar surface area (TPSA) is 88.8 Å². The number of carbonyl (C=O) groups is 3. The molecule has 1 fully saturated rings. The number of carboxylic acids is 1. The van der Waals surface area contributed by atoms with Crippen molar-refractivity contribution in [2.75, 3.05) is 20.3 Å². The number of thioether (sulfide) groups is 1. The van der Waals surface area contributed by atoms with E-state index in [1.807, 2.05) is 24.3 Å². The Morgan fingerprint density at radius 3 is 2.80 bits per heavy atom. The van der Waals surface area contributed by atoms with E-state index in [-0.39, 0.29) is 30.8 Å². The number of carboxylic acid groups (broad SMARTS) is 1. The van der Waals surface area contributed by atoms with Crippen LogP contribution in [0.3, 0.4) is 0 Å². The molecule has 1 aromatic carbocycles. The van der Waals surface area contributed by atoms with E-state index < -0.39 is 5.97 Å². The molecule has 1 aliphatic rings. The van der Waals surface area contributed by atoms with Gasteiger partial charge in [0.05, 0.1) is 18.1 Å². The molecule has 3 rings (SSSR count). The SMILES string of the molecule is COCCN1C(=O)S/C(=C/c2cn(CC(=O)O)c3ccccc23)C1=O. The maximum absolute atomic E-state index is 12.4. The van der Waals surface area contributed by atoms with Gasteiger partial charge < -0.3 is 14.4 Å². The summed E-state index contributed by atoms with van der Waals surface area (Å²) < 4.78 is 6.53. The Morgan fingerprint density at radius 1 is 1.32 bits per heavy atom. The molecule has 1 saturated heterocycles. The van der Waals surface area contributed by atoms with Crippen LogP contribution in [0.1, 0.15) is 5.56 Å². The second-order valence-electron chi connectivity index (χ2n) is 5.45. The lowest BCUT2D eigenvalue weighted by Crippen LogP contribution is -2.31.